The van der Waals surface area contributed by atoms with Crippen molar-refractivity contribution < 1.29 is 0 Å². The molecule has 0 saturated carbocycles. The molecule has 1 aliphatic rings. The van der Waals surface area contributed by atoms with E-state index in [2.05, 4.69) is 70.6 Å². The summed E-state index contributed by atoms with van der Waals surface area (Å²) in [5.74, 6) is 0. The molecule has 3 rings (SSSR count). The van der Waals surface area contributed by atoms with Crippen LogP contribution in [0.5, 0.6) is 0 Å². The van der Waals surface area contributed by atoms with Crippen LogP contribution in [-0.2, 0) is 6.42 Å². The Labute approximate surface area is 116 Å². The molecule has 0 heterocycles. The molecule has 1 unspecified atom stereocenters. The molecular formula is C16H16BrN. The third-order valence-electron chi connectivity index (χ3n) is 3.65. The highest BCUT2D eigenvalue weighted by Crippen LogP contribution is 2.34. The van der Waals surface area contributed by atoms with E-state index in [4.69, 9.17) is 0 Å². The minimum absolute atomic E-state index is 0.459. The molecule has 0 aromatic heterocycles. The number of nitrogens with one attached hydrogen (secondary N) is 1. The van der Waals surface area contributed by atoms with Crippen molar-refractivity contribution in [1.29, 1.82) is 0 Å². The van der Waals surface area contributed by atoms with Crippen LogP contribution in [-0.4, -0.2) is 0 Å². The zero-order valence-corrected chi connectivity index (χ0v) is 12.0. The summed E-state index contributed by atoms with van der Waals surface area (Å²) in [6.07, 6.45) is 2.37. The first-order valence-electron chi connectivity index (χ1n) is 6.34. The third-order valence-corrected chi connectivity index (χ3v) is 4.14. The van der Waals surface area contributed by atoms with Crippen molar-refractivity contribution in [2.75, 3.05) is 5.32 Å². The number of benzene rings is 2. The van der Waals surface area contributed by atoms with Crippen LogP contribution >= 0.6 is 15.9 Å². The van der Waals surface area contributed by atoms with Crippen LogP contribution < -0.4 is 5.32 Å². The van der Waals surface area contributed by atoms with Gasteiger partial charge in [-0.1, -0.05) is 40.2 Å². The topological polar surface area (TPSA) is 12.0 Å². The number of hydrogen-bond donors (Lipinski definition) is 1. The highest BCUT2D eigenvalue weighted by molar-refractivity contribution is 9.10. The summed E-state index contributed by atoms with van der Waals surface area (Å²) in [6.45, 7) is 2.15. The number of rotatable bonds is 2. The molecule has 0 fully saturated rings. The summed E-state index contributed by atoms with van der Waals surface area (Å²) in [6, 6.07) is 15.6. The molecule has 0 aliphatic heterocycles. The molecule has 0 amide bonds. The number of fused-ring (bicyclic) bond motifs is 1. The Bertz CT molecular complexity index is 577. The fraction of sp³-hybridized carbons (Fsp3) is 0.250. The summed E-state index contributed by atoms with van der Waals surface area (Å²) in [5, 5.41) is 3.67. The predicted molar refractivity (Wildman–Crippen MR) is 80.0 cm³/mol. The standard InChI is InChI=1S/C16H16BrN/c1-11-10-13(17)7-9-15(11)18-16-8-6-12-4-2-3-5-14(12)16/h2-5,7,9-10,16,18H,6,8H2,1H3. The van der Waals surface area contributed by atoms with Crippen molar-refractivity contribution in [2.24, 2.45) is 0 Å². The minimum atomic E-state index is 0.459. The fourth-order valence-corrected chi connectivity index (χ4v) is 3.16. The first-order valence-corrected chi connectivity index (χ1v) is 7.14. The van der Waals surface area contributed by atoms with E-state index in [-0.39, 0.29) is 0 Å². The van der Waals surface area contributed by atoms with Gasteiger partial charge in [0.2, 0.25) is 0 Å². The Hall–Kier alpha value is -1.28. The molecule has 0 spiro atoms. The lowest BCUT2D eigenvalue weighted by molar-refractivity contribution is 0.761. The second-order valence-electron chi connectivity index (χ2n) is 4.89. The van der Waals surface area contributed by atoms with E-state index in [1.54, 1.807) is 0 Å². The van der Waals surface area contributed by atoms with Crippen molar-refractivity contribution in [3.63, 3.8) is 0 Å². The Morgan fingerprint density at radius 2 is 2.00 bits per heavy atom. The van der Waals surface area contributed by atoms with Gasteiger partial charge >= 0.3 is 0 Å². The molecule has 2 aromatic rings. The van der Waals surface area contributed by atoms with Crippen molar-refractivity contribution >= 4 is 21.6 Å². The monoisotopic (exact) mass is 301 g/mol. The molecule has 2 heteroatoms. The molecule has 1 atom stereocenters. The first kappa shape index (κ1) is 11.8. The maximum atomic E-state index is 3.67. The van der Waals surface area contributed by atoms with Gasteiger partial charge in [-0.2, -0.15) is 0 Å². The summed E-state index contributed by atoms with van der Waals surface area (Å²) >= 11 is 3.51. The quantitative estimate of drug-likeness (QED) is 0.835. The van der Waals surface area contributed by atoms with E-state index in [9.17, 15) is 0 Å². The van der Waals surface area contributed by atoms with Crippen LogP contribution in [0.1, 0.15) is 29.2 Å². The lowest BCUT2D eigenvalue weighted by Gasteiger charge is -2.17. The van der Waals surface area contributed by atoms with E-state index in [0.29, 0.717) is 6.04 Å². The molecule has 0 bridgehead atoms. The minimum Gasteiger partial charge on any atom is -0.378 e. The van der Waals surface area contributed by atoms with Crippen LogP contribution in [0.25, 0.3) is 0 Å². The normalized spacial score (nSPS) is 17.6. The Morgan fingerprint density at radius 3 is 2.83 bits per heavy atom. The molecular weight excluding hydrogens is 286 g/mol. The number of halogens is 1. The SMILES string of the molecule is Cc1cc(Br)ccc1NC1CCc2ccccc21. The maximum Gasteiger partial charge on any atom is 0.0519 e. The van der Waals surface area contributed by atoms with E-state index in [1.165, 1.54) is 35.2 Å². The van der Waals surface area contributed by atoms with Crippen LogP contribution in [0.15, 0.2) is 46.9 Å². The van der Waals surface area contributed by atoms with Gasteiger partial charge in [0.15, 0.2) is 0 Å². The fourth-order valence-electron chi connectivity index (χ4n) is 2.68. The van der Waals surface area contributed by atoms with Crippen LogP contribution in [0, 0.1) is 6.92 Å². The summed E-state index contributed by atoms with van der Waals surface area (Å²) < 4.78 is 1.14. The predicted octanol–water partition coefficient (Wildman–Crippen LogP) is 4.86. The van der Waals surface area contributed by atoms with Crippen molar-refractivity contribution in [3.05, 3.63) is 63.6 Å². The molecule has 1 N–H and O–H groups in total. The Balaban J connectivity index is 1.86. The van der Waals surface area contributed by atoms with Crippen LogP contribution in [0.2, 0.25) is 0 Å². The maximum absolute atomic E-state index is 3.67. The van der Waals surface area contributed by atoms with Crippen LogP contribution in [0.3, 0.4) is 0 Å². The zero-order valence-electron chi connectivity index (χ0n) is 10.4. The highest BCUT2D eigenvalue weighted by Gasteiger charge is 2.21. The molecule has 92 valence electrons. The number of anilines is 1. The Morgan fingerprint density at radius 1 is 1.17 bits per heavy atom. The number of hydrogen-bond acceptors (Lipinski definition) is 1. The molecule has 1 aliphatic carbocycles. The van der Waals surface area contributed by atoms with E-state index >= 15 is 0 Å². The van der Waals surface area contributed by atoms with Gasteiger partial charge in [-0.15, -0.1) is 0 Å². The second-order valence-corrected chi connectivity index (χ2v) is 5.81. The lowest BCUT2D eigenvalue weighted by atomic mass is 10.1. The van der Waals surface area contributed by atoms with Gasteiger partial charge in [-0.25, -0.2) is 0 Å². The van der Waals surface area contributed by atoms with E-state index < -0.39 is 0 Å². The van der Waals surface area contributed by atoms with Gasteiger partial charge in [0, 0.05) is 10.2 Å². The number of aryl methyl sites for hydroxylation is 2. The third kappa shape index (κ3) is 2.17. The van der Waals surface area contributed by atoms with Crippen LogP contribution in [0.4, 0.5) is 5.69 Å². The average Bonchev–Trinajstić information content (AvgIpc) is 2.76. The summed E-state index contributed by atoms with van der Waals surface area (Å²) in [7, 11) is 0. The van der Waals surface area contributed by atoms with Gasteiger partial charge in [0.25, 0.3) is 0 Å². The second kappa shape index (κ2) is 4.77. The molecule has 0 radical (unpaired) electrons. The van der Waals surface area contributed by atoms with Crippen molar-refractivity contribution in [2.45, 2.75) is 25.8 Å². The highest BCUT2D eigenvalue weighted by atomic mass is 79.9. The molecule has 0 saturated heterocycles. The van der Waals surface area contributed by atoms with Gasteiger partial charge in [-0.05, 0) is 54.7 Å². The van der Waals surface area contributed by atoms with Gasteiger partial charge in [-0.3, -0.25) is 0 Å². The van der Waals surface area contributed by atoms with Gasteiger partial charge in [0.1, 0.15) is 0 Å². The summed E-state index contributed by atoms with van der Waals surface area (Å²) in [5.41, 5.74) is 5.47. The first-order chi connectivity index (χ1) is 8.74. The Kier molecular flexibility index (Phi) is 3.13. The van der Waals surface area contributed by atoms with Crippen molar-refractivity contribution in [3.8, 4) is 0 Å². The smallest absolute Gasteiger partial charge is 0.0519 e. The van der Waals surface area contributed by atoms with Gasteiger partial charge in [0.05, 0.1) is 6.04 Å². The van der Waals surface area contributed by atoms with Crippen molar-refractivity contribution in [1.82, 2.24) is 0 Å². The van der Waals surface area contributed by atoms with E-state index in [1.807, 2.05) is 0 Å². The molecule has 2 aromatic carbocycles. The largest absolute Gasteiger partial charge is 0.378 e. The lowest BCUT2D eigenvalue weighted by Crippen LogP contribution is -2.08. The summed E-state index contributed by atoms with van der Waals surface area (Å²) in [4.78, 5) is 0. The zero-order chi connectivity index (χ0) is 12.5. The molecule has 18 heavy (non-hydrogen) atoms. The molecule has 1 nitrogen and oxygen atoms in total. The average molecular weight is 302 g/mol. The van der Waals surface area contributed by atoms with E-state index in [0.717, 1.165) is 4.47 Å². The van der Waals surface area contributed by atoms with Gasteiger partial charge < -0.3 is 5.32 Å².